The third-order valence-electron chi connectivity index (χ3n) is 3.16. The van der Waals surface area contributed by atoms with Gasteiger partial charge in [-0.15, -0.1) is 0 Å². The van der Waals surface area contributed by atoms with Crippen LogP contribution in [0.15, 0.2) is 24.3 Å². The van der Waals surface area contributed by atoms with Crippen LogP contribution >= 0.6 is 0 Å². The van der Waals surface area contributed by atoms with Gasteiger partial charge in [0.05, 0.1) is 19.0 Å². The summed E-state index contributed by atoms with van der Waals surface area (Å²) in [6, 6.07) is 3.54. The van der Waals surface area contributed by atoms with Gasteiger partial charge < -0.3 is 31.7 Å². The van der Waals surface area contributed by atoms with Gasteiger partial charge in [-0.3, -0.25) is 14.4 Å². The number of nitrogens with two attached hydrogens (primary N) is 1. The second-order valence-electron chi connectivity index (χ2n) is 5.25. The van der Waals surface area contributed by atoms with Crippen molar-refractivity contribution in [2.45, 2.75) is 24.9 Å². The van der Waals surface area contributed by atoms with Crippen LogP contribution in [0.1, 0.15) is 12.0 Å². The van der Waals surface area contributed by atoms with E-state index in [4.69, 9.17) is 15.9 Å². The maximum absolute atomic E-state index is 11.8. The highest BCUT2D eigenvalue weighted by Crippen LogP contribution is 2.10. The van der Waals surface area contributed by atoms with Gasteiger partial charge in [0, 0.05) is 0 Å². The van der Waals surface area contributed by atoms with E-state index in [0.717, 1.165) is 0 Å². The quantitative estimate of drug-likeness (QED) is 0.308. The molecule has 0 radical (unpaired) electrons. The molecule has 0 bridgehead atoms. The molecule has 0 saturated heterocycles. The minimum atomic E-state index is -1.59. The summed E-state index contributed by atoms with van der Waals surface area (Å²) < 4.78 is 0. The number of phenols is 1. The molecule has 2 amide bonds. The summed E-state index contributed by atoms with van der Waals surface area (Å²) in [6.45, 7) is -0.536. The maximum Gasteiger partial charge on any atom is 0.326 e. The van der Waals surface area contributed by atoms with Crippen LogP contribution in [0.2, 0.25) is 0 Å². The highest BCUT2D eigenvalue weighted by Gasteiger charge is 2.23. The number of rotatable bonds is 9. The van der Waals surface area contributed by atoms with Crippen LogP contribution in [0.25, 0.3) is 0 Å². The van der Waals surface area contributed by atoms with E-state index in [0.29, 0.717) is 5.56 Å². The molecule has 0 heterocycles. The fourth-order valence-electron chi connectivity index (χ4n) is 1.90. The largest absolute Gasteiger partial charge is 0.508 e. The predicted octanol–water partition coefficient (Wildman–Crippen LogP) is -1.58. The molecular formula is C15H19N3O7. The maximum atomic E-state index is 11.8. The fourth-order valence-corrected chi connectivity index (χ4v) is 1.90. The first kappa shape index (κ1) is 19.9. The monoisotopic (exact) mass is 353 g/mol. The Bertz CT molecular complexity index is 645. The van der Waals surface area contributed by atoms with Gasteiger partial charge in [-0.1, -0.05) is 12.1 Å². The van der Waals surface area contributed by atoms with Crippen molar-refractivity contribution in [1.82, 2.24) is 10.6 Å². The number of nitrogens with one attached hydrogen (secondary N) is 2. The number of phenolic OH excluding ortho intramolecular Hbond substituents is 1. The molecule has 0 aliphatic heterocycles. The lowest BCUT2D eigenvalue weighted by atomic mass is 10.1. The Hall–Kier alpha value is -3.14. The van der Waals surface area contributed by atoms with Gasteiger partial charge in [0.25, 0.3) is 0 Å². The summed E-state index contributed by atoms with van der Waals surface area (Å²) in [6.07, 6.45) is -0.611. The Morgan fingerprint density at radius 3 is 2.20 bits per heavy atom. The minimum Gasteiger partial charge on any atom is -0.508 e. The molecular weight excluding hydrogens is 334 g/mol. The first-order chi connectivity index (χ1) is 11.7. The molecule has 0 saturated carbocycles. The van der Waals surface area contributed by atoms with Crippen LogP contribution in [0.3, 0.4) is 0 Å². The highest BCUT2D eigenvalue weighted by atomic mass is 16.4. The van der Waals surface area contributed by atoms with E-state index in [9.17, 15) is 24.3 Å². The summed E-state index contributed by atoms with van der Waals surface area (Å²) >= 11 is 0. The summed E-state index contributed by atoms with van der Waals surface area (Å²) in [5, 5.41) is 30.8. The molecule has 0 spiro atoms. The van der Waals surface area contributed by atoms with Crippen LogP contribution in [0.4, 0.5) is 0 Å². The smallest absolute Gasteiger partial charge is 0.326 e. The van der Waals surface area contributed by atoms with Crippen molar-refractivity contribution in [1.29, 1.82) is 0 Å². The van der Waals surface area contributed by atoms with E-state index in [2.05, 4.69) is 5.32 Å². The molecule has 10 nitrogen and oxygen atoms in total. The van der Waals surface area contributed by atoms with Gasteiger partial charge in [-0.05, 0) is 24.1 Å². The molecule has 10 heteroatoms. The lowest BCUT2D eigenvalue weighted by Crippen LogP contribution is -2.49. The van der Waals surface area contributed by atoms with Crippen LogP contribution < -0.4 is 16.4 Å². The zero-order valence-corrected chi connectivity index (χ0v) is 13.1. The summed E-state index contributed by atoms with van der Waals surface area (Å²) in [4.78, 5) is 44.8. The van der Waals surface area contributed by atoms with E-state index in [1.807, 2.05) is 5.32 Å². The molecule has 1 rings (SSSR count). The summed E-state index contributed by atoms with van der Waals surface area (Å²) in [5.41, 5.74) is 6.42. The van der Waals surface area contributed by atoms with Gasteiger partial charge in [0.1, 0.15) is 11.8 Å². The normalized spacial score (nSPS) is 12.7. The first-order valence-electron chi connectivity index (χ1n) is 7.24. The third-order valence-corrected chi connectivity index (χ3v) is 3.16. The van der Waals surface area contributed by atoms with Crippen molar-refractivity contribution in [3.05, 3.63) is 29.8 Å². The standard InChI is InChI=1S/C15H19N3O7/c16-10(5-8-1-3-9(19)4-2-8)14(23)17-7-12(20)18-11(15(24)25)6-13(21)22/h1-4,10-11,19H,5-7,16H2,(H,17,23)(H,18,20)(H,21,22)(H,24,25). The number of aromatic hydroxyl groups is 1. The molecule has 0 aromatic heterocycles. The van der Waals surface area contributed by atoms with Crippen molar-refractivity contribution in [2.75, 3.05) is 6.54 Å². The number of benzene rings is 1. The summed E-state index contributed by atoms with van der Waals surface area (Å²) in [7, 11) is 0. The van der Waals surface area contributed by atoms with Crippen LogP contribution in [0, 0.1) is 0 Å². The molecule has 0 fully saturated rings. The molecule has 7 N–H and O–H groups in total. The lowest BCUT2D eigenvalue weighted by molar-refractivity contribution is -0.147. The molecule has 1 aromatic rings. The topological polar surface area (TPSA) is 179 Å². The first-order valence-corrected chi connectivity index (χ1v) is 7.24. The average molecular weight is 353 g/mol. The highest BCUT2D eigenvalue weighted by molar-refractivity contribution is 5.90. The molecule has 25 heavy (non-hydrogen) atoms. The number of hydrogen-bond acceptors (Lipinski definition) is 6. The Morgan fingerprint density at radius 2 is 1.68 bits per heavy atom. The number of carbonyl (C=O) groups excluding carboxylic acids is 2. The molecule has 1 aromatic carbocycles. The Balaban J connectivity index is 2.45. The zero-order chi connectivity index (χ0) is 19.0. The van der Waals surface area contributed by atoms with E-state index >= 15 is 0 Å². The molecule has 2 unspecified atom stereocenters. The summed E-state index contributed by atoms with van der Waals surface area (Å²) in [5.74, 6) is -4.28. The van der Waals surface area contributed by atoms with Crippen molar-refractivity contribution in [3.63, 3.8) is 0 Å². The van der Waals surface area contributed by atoms with Crippen LogP contribution in [-0.2, 0) is 25.6 Å². The van der Waals surface area contributed by atoms with Crippen LogP contribution in [-0.4, -0.2) is 57.7 Å². The third kappa shape index (κ3) is 7.31. The molecule has 2 atom stereocenters. The van der Waals surface area contributed by atoms with Crippen molar-refractivity contribution < 1.29 is 34.5 Å². The number of aliphatic carboxylic acids is 2. The Labute approximate surface area is 142 Å². The number of amides is 2. The number of carbonyl (C=O) groups is 4. The van der Waals surface area contributed by atoms with E-state index in [-0.39, 0.29) is 12.2 Å². The lowest BCUT2D eigenvalue weighted by Gasteiger charge is -2.15. The molecule has 0 aliphatic rings. The van der Waals surface area contributed by atoms with Gasteiger partial charge in [0.2, 0.25) is 11.8 Å². The van der Waals surface area contributed by atoms with Gasteiger partial charge in [-0.25, -0.2) is 4.79 Å². The van der Waals surface area contributed by atoms with Crippen molar-refractivity contribution >= 4 is 23.8 Å². The Kier molecular flexibility index (Phi) is 7.35. The minimum absolute atomic E-state index is 0.0767. The number of carboxylic acids is 2. The zero-order valence-electron chi connectivity index (χ0n) is 13.1. The predicted molar refractivity (Wildman–Crippen MR) is 84.6 cm³/mol. The van der Waals surface area contributed by atoms with Gasteiger partial charge in [0.15, 0.2) is 0 Å². The molecule has 0 aliphatic carbocycles. The average Bonchev–Trinajstić information content (AvgIpc) is 2.53. The van der Waals surface area contributed by atoms with Crippen LogP contribution in [0.5, 0.6) is 5.75 Å². The SMILES string of the molecule is NC(Cc1ccc(O)cc1)C(=O)NCC(=O)NC(CC(=O)O)C(=O)O. The van der Waals surface area contributed by atoms with Gasteiger partial charge in [-0.2, -0.15) is 0 Å². The van der Waals surface area contributed by atoms with E-state index < -0.39 is 48.8 Å². The Morgan fingerprint density at radius 1 is 1.08 bits per heavy atom. The number of hydrogen-bond donors (Lipinski definition) is 6. The van der Waals surface area contributed by atoms with Crippen molar-refractivity contribution in [2.24, 2.45) is 5.73 Å². The number of carboxylic acid groups (broad SMARTS) is 2. The van der Waals surface area contributed by atoms with E-state index in [1.54, 1.807) is 12.1 Å². The second-order valence-corrected chi connectivity index (χ2v) is 5.25. The van der Waals surface area contributed by atoms with E-state index in [1.165, 1.54) is 12.1 Å². The fraction of sp³-hybridized carbons (Fsp3) is 0.333. The molecule has 136 valence electrons. The van der Waals surface area contributed by atoms with Crippen molar-refractivity contribution in [3.8, 4) is 5.75 Å². The second kappa shape index (κ2) is 9.23. The van der Waals surface area contributed by atoms with Gasteiger partial charge >= 0.3 is 11.9 Å².